The number of carbonyl (C=O) groups is 1. The Morgan fingerprint density at radius 2 is 2.13 bits per heavy atom. The van der Waals surface area contributed by atoms with Gasteiger partial charge in [-0.25, -0.2) is 9.48 Å². The van der Waals surface area contributed by atoms with Gasteiger partial charge in [-0.1, -0.05) is 22.0 Å². The molecule has 0 saturated heterocycles. The average Bonchev–Trinajstić information content (AvgIpc) is 2.86. The standard InChI is InChI=1S/C16H17BrN4O2/c1-4-12(7-10(2)17)21-11(3)14(9-19-21)20-15-8-18-6-5-13(15)16(22)23/h4-9,20H,1-3H3,(H,22,23)/b10-7+,12-4+. The molecule has 0 aromatic carbocycles. The van der Waals surface area contributed by atoms with Crippen LogP contribution in [0.2, 0.25) is 0 Å². The van der Waals surface area contributed by atoms with Crippen molar-refractivity contribution < 1.29 is 9.90 Å². The van der Waals surface area contributed by atoms with Gasteiger partial charge >= 0.3 is 5.97 Å². The lowest BCUT2D eigenvalue weighted by molar-refractivity contribution is 0.0698. The SMILES string of the molecule is C/C=C(\C=C(/C)Br)n1ncc(Nc2cnccc2C(=O)O)c1C. The lowest BCUT2D eigenvalue weighted by atomic mass is 10.2. The number of allylic oxidation sites excluding steroid dienone is 4. The van der Waals surface area contributed by atoms with E-state index >= 15 is 0 Å². The molecule has 2 heterocycles. The van der Waals surface area contributed by atoms with Crippen LogP contribution in [0, 0.1) is 6.92 Å². The summed E-state index contributed by atoms with van der Waals surface area (Å²) in [6.45, 7) is 5.78. The summed E-state index contributed by atoms with van der Waals surface area (Å²) in [5.74, 6) is -1.01. The van der Waals surface area contributed by atoms with Gasteiger partial charge < -0.3 is 10.4 Å². The first kappa shape index (κ1) is 17.0. The number of carboxylic acids is 1. The first-order chi connectivity index (χ1) is 10.9. The molecule has 2 N–H and O–H groups in total. The minimum Gasteiger partial charge on any atom is -0.478 e. The van der Waals surface area contributed by atoms with E-state index in [2.05, 4.69) is 31.3 Å². The van der Waals surface area contributed by atoms with Gasteiger partial charge in [-0.05, 0) is 37.4 Å². The molecule has 0 fully saturated rings. The van der Waals surface area contributed by atoms with Gasteiger partial charge in [-0.3, -0.25) is 4.98 Å². The van der Waals surface area contributed by atoms with E-state index in [1.54, 1.807) is 10.9 Å². The summed E-state index contributed by atoms with van der Waals surface area (Å²) in [7, 11) is 0. The number of aromatic nitrogens is 3. The Morgan fingerprint density at radius 1 is 1.39 bits per heavy atom. The fraction of sp³-hybridized carbons (Fsp3) is 0.188. The zero-order valence-corrected chi connectivity index (χ0v) is 14.6. The number of pyridine rings is 1. The van der Waals surface area contributed by atoms with E-state index in [1.165, 1.54) is 18.5 Å². The predicted octanol–water partition coefficient (Wildman–Crippen LogP) is 4.19. The monoisotopic (exact) mass is 376 g/mol. The van der Waals surface area contributed by atoms with E-state index in [-0.39, 0.29) is 5.56 Å². The van der Waals surface area contributed by atoms with Crippen molar-refractivity contribution in [3.05, 3.63) is 52.5 Å². The second kappa shape index (κ2) is 7.23. The van der Waals surface area contributed by atoms with Crippen LogP contribution in [0.25, 0.3) is 5.70 Å². The van der Waals surface area contributed by atoms with Crippen LogP contribution >= 0.6 is 15.9 Å². The minimum absolute atomic E-state index is 0.162. The van der Waals surface area contributed by atoms with Gasteiger partial charge in [-0.15, -0.1) is 0 Å². The molecule has 0 saturated carbocycles. The summed E-state index contributed by atoms with van der Waals surface area (Å²) >= 11 is 3.41. The van der Waals surface area contributed by atoms with E-state index in [4.69, 9.17) is 0 Å². The number of anilines is 2. The summed E-state index contributed by atoms with van der Waals surface area (Å²) in [5, 5.41) is 16.7. The summed E-state index contributed by atoms with van der Waals surface area (Å²) in [6, 6.07) is 1.46. The molecule has 2 rings (SSSR count). The number of aromatic carboxylic acids is 1. The third-order valence-electron chi connectivity index (χ3n) is 3.22. The molecule has 0 atom stereocenters. The van der Waals surface area contributed by atoms with E-state index in [0.29, 0.717) is 5.69 Å². The van der Waals surface area contributed by atoms with Crippen molar-refractivity contribution in [2.75, 3.05) is 5.32 Å². The van der Waals surface area contributed by atoms with Crippen LogP contribution in [-0.4, -0.2) is 25.8 Å². The molecule has 23 heavy (non-hydrogen) atoms. The Hall–Kier alpha value is -2.41. The molecular weight excluding hydrogens is 360 g/mol. The Morgan fingerprint density at radius 3 is 2.74 bits per heavy atom. The molecule has 2 aromatic rings. The maximum Gasteiger partial charge on any atom is 0.337 e. The number of nitrogens with one attached hydrogen (secondary N) is 1. The molecular formula is C16H17BrN4O2. The fourth-order valence-electron chi connectivity index (χ4n) is 2.09. The number of hydrogen-bond donors (Lipinski definition) is 2. The topological polar surface area (TPSA) is 80.0 Å². The molecule has 0 aliphatic carbocycles. The van der Waals surface area contributed by atoms with Gasteiger partial charge in [0.25, 0.3) is 0 Å². The molecule has 0 radical (unpaired) electrons. The highest BCUT2D eigenvalue weighted by atomic mass is 79.9. The van der Waals surface area contributed by atoms with E-state index in [9.17, 15) is 9.90 Å². The quantitative estimate of drug-likeness (QED) is 0.764. The zero-order valence-electron chi connectivity index (χ0n) is 13.0. The second-order valence-corrected chi connectivity index (χ2v) is 6.10. The largest absolute Gasteiger partial charge is 0.478 e. The molecule has 0 aliphatic heterocycles. The highest BCUT2D eigenvalue weighted by molar-refractivity contribution is 9.11. The highest BCUT2D eigenvalue weighted by Gasteiger charge is 2.13. The van der Waals surface area contributed by atoms with Gasteiger partial charge in [0, 0.05) is 6.20 Å². The van der Waals surface area contributed by atoms with Crippen LogP contribution in [0.4, 0.5) is 11.4 Å². The van der Waals surface area contributed by atoms with Crippen LogP contribution in [0.3, 0.4) is 0 Å². The number of carboxylic acid groups (broad SMARTS) is 1. The van der Waals surface area contributed by atoms with Gasteiger partial charge in [0.2, 0.25) is 0 Å². The van der Waals surface area contributed by atoms with E-state index < -0.39 is 5.97 Å². The van der Waals surface area contributed by atoms with Crippen LogP contribution in [-0.2, 0) is 0 Å². The Labute approximate surface area is 142 Å². The lowest BCUT2D eigenvalue weighted by Crippen LogP contribution is -2.04. The normalized spacial score (nSPS) is 12.3. The van der Waals surface area contributed by atoms with Crippen LogP contribution in [0.15, 0.2) is 41.3 Å². The smallest absolute Gasteiger partial charge is 0.337 e. The van der Waals surface area contributed by atoms with Crippen molar-refractivity contribution in [1.82, 2.24) is 14.8 Å². The number of rotatable bonds is 5. The highest BCUT2D eigenvalue weighted by Crippen LogP contribution is 2.25. The Balaban J connectivity index is 2.38. The molecule has 0 spiro atoms. The maximum atomic E-state index is 11.3. The average molecular weight is 377 g/mol. The summed E-state index contributed by atoms with van der Waals surface area (Å²) in [5.41, 5.74) is 3.09. The summed E-state index contributed by atoms with van der Waals surface area (Å²) in [4.78, 5) is 15.2. The second-order valence-electron chi connectivity index (χ2n) is 4.85. The van der Waals surface area contributed by atoms with Crippen molar-refractivity contribution >= 4 is 39.0 Å². The van der Waals surface area contributed by atoms with E-state index in [0.717, 1.165) is 21.6 Å². The van der Waals surface area contributed by atoms with Crippen molar-refractivity contribution in [1.29, 1.82) is 0 Å². The van der Waals surface area contributed by atoms with Crippen molar-refractivity contribution in [3.63, 3.8) is 0 Å². The third-order valence-corrected chi connectivity index (χ3v) is 3.45. The molecule has 7 heteroatoms. The number of halogens is 1. The Kier molecular flexibility index (Phi) is 5.33. The van der Waals surface area contributed by atoms with E-state index in [1.807, 2.05) is 32.9 Å². The van der Waals surface area contributed by atoms with Gasteiger partial charge in [-0.2, -0.15) is 5.10 Å². The molecule has 120 valence electrons. The van der Waals surface area contributed by atoms with Gasteiger partial charge in [0.05, 0.1) is 40.7 Å². The lowest BCUT2D eigenvalue weighted by Gasteiger charge is -2.10. The molecule has 0 unspecified atom stereocenters. The molecule has 2 aromatic heterocycles. The van der Waals surface area contributed by atoms with Crippen molar-refractivity contribution in [3.8, 4) is 0 Å². The van der Waals surface area contributed by atoms with Gasteiger partial charge in [0.15, 0.2) is 0 Å². The molecule has 0 amide bonds. The van der Waals surface area contributed by atoms with Crippen LogP contribution in [0.5, 0.6) is 0 Å². The number of hydrogen-bond acceptors (Lipinski definition) is 4. The van der Waals surface area contributed by atoms with Gasteiger partial charge in [0.1, 0.15) is 0 Å². The van der Waals surface area contributed by atoms with Crippen molar-refractivity contribution in [2.24, 2.45) is 0 Å². The maximum absolute atomic E-state index is 11.3. The zero-order chi connectivity index (χ0) is 17.0. The first-order valence-corrected chi connectivity index (χ1v) is 7.72. The third kappa shape index (κ3) is 3.87. The minimum atomic E-state index is -1.01. The fourth-order valence-corrected chi connectivity index (χ4v) is 2.32. The van der Waals surface area contributed by atoms with Crippen LogP contribution < -0.4 is 5.32 Å². The predicted molar refractivity (Wildman–Crippen MR) is 94.1 cm³/mol. The molecule has 6 nitrogen and oxygen atoms in total. The first-order valence-electron chi connectivity index (χ1n) is 6.93. The summed E-state index contributed by atoms with van der Waals surface area (Å²) < 4.78 is 2.76. The summed E-state index contributed by atoms with van der Waals surface area (Å²) in [6.07, 6.45) is 8.50. The Bertz CT molecular complexity index is 789. The van der Waals surface area contributed by atoms with Crippen molar-refractivity contribution in [2.45, 2.75) is 20.8 Å². The molecule has 0 bridgehead atoms. The number of nitrogens with zero attached hydrogens (tertiary/aromatic N) is 3. The van der Waals surface area contributed by atoms with Crippen LogP contribution in [0.1, 0.15) is 29.9 Å². The molecule has 0 aliphatic rings.